The van der Waals surface area contributed by atoms with Crippen molar-refractivity contribution in [3.63, 3.8) is 0 Å². The minimum absolute atomic E-state index is 0.259. The Hall–Kier alpha value is -2.38. The van der Waals surface area contributed by atoms with Crippen LogP contribution in [0.15, 0.2) is 57.8 Å². The molecular weight excluding hydrogens is 393 g/mol. The van der Waals surface area contributed by atoms with Crippen LogP contribution < -0.4 is 10.1 Å². The first kappa shape index (κ1) is 15.2. The van der Waals surface area contributed by atoms with E-state index in [1.54, 1.807) is 18.2 Å². The van der Waals surface area contributed by atoms with E-state index in [1.165, 1.54) is 28.0 Å². The number of rotatable bonds is 2. The summed E-state index contributed by atoms with van der Waals surface area (Å²) in [5, 5.41) is 4.30. The van der Waals surface area contributed by atoms with Crippen molar-refractivity contribution in [2.75, 3.05) is 0 Å². The molecule has 0 N–H and O–H groups in total. The Kier molecular flexibility index (Phi) is 3.74. The van der Waals surface area contributed by atoms with Crippen LogP contribution in [0.2, 0.25) is 0 Å². The van der Waals surface area contributed by atoms with Crippen LogP contribution in [-0.2, 0) is 0 Å². The molecule has 4 rings (SSSR count). The highest BCUT2D eigenvalue weighted by atomic mass is 79.9. The maximum Gasteiger partial charge on any atom is 0.291 e. The van der Waals surface area contributed by atoms with Gasteiger partial charge in [-0.25, -0.2) is 4.39 Å². The van der Waals surface area contributed by atoms with Crippen molar-refractivity contribution >= 4 is 38.3 Å². The standard InChI is InChI=1S/C17H9BrFN3OS/c18-13-7-2-1-6-12(13)15-20-17-22(21-15)16(23)14(24-17)9-10-4-3-5-11(19)8-10/h1-9H/b14-9+. The minimum atomic E-state index is -0.341. The monoisotopic (exact) mass is 401 g/mol. The van der Waals surface area contributed by atoms with Gasteiger partial charge in [0, 0.05) is 10.0 Å². The molecule has 0 atom stereocenters. The van der Waals surface area contributed by atoms with Crippen LogP contribution in [0.4, 0.5) is 4.39 Å². The second-order valence-corrected chi connectivity index (χ2v) is 6.94. The SMILES string of the molecule is O=c1/c(=C\c2cccc(F)c2)sc2nc(-c3ccccc3Br)nn12. The summed E-state index contributed by atoms with van der Waals surface area (Å²) in [6.07, 6.45) is 1.64. The molecule has 0 saturated carbocycles. The van der Waals surface area contributed by atoms with E-state index in [0.717, 1.165) is 10.0 Å². The molecule has 0 saturated heterocycles. The van der Waals surface area contributed by atoms with Crippen LogP contribution in [0, 0.1) is 5.82 Å². The lowest BCUT2D eigenvalue weighted by Crippen LogP contribution is -2.23. The van der Waals surface area contributed by atoms with E-state index in [0.29, 0.717) is 20.9 Å². The van der Waals surface area contributed by atoms with Gasteiger partial charge in [-0.05, 0) is 35.9 Å². The van der Waals surface area contributed by atoms with Gasteiger partial charge in [0.25, 0.3) is 5.56 Å². The van der Waals surface area contributed by atoms with E-state index in [2.05, 4.69) is 26.0 Å². The summed E-state index contributed by atoms with van der Waals surface area (Å²) in [6.45, 7) is 0. The van der Waals surface area contributed by atoms with E-state index < -0.39 is 0 Å². The lowest BCUT2D eigenvalue weighted by molar-refractivity contribution is 0.627. The Balaban J connectivity index is 1.85. The van der Waals surface area contributed by atoms with Gasteiger partial charge in [-0.3, -0.25) is 4.79 Å². The number of thiazole rings is 1. The summed E-state index contributed by atoms with van der Waals surface area (Å²) in [7, 11) is 0. The third-order valence-corrected chi connectivity index (χ3v) is 5.09. The van der Waals surface area contributed by atoms with Crippen molar-refractivity contribution in [3.05, 3.63) is 79.3 Å². The molecule has 24 heavy (non-hydrogen) atoms. The first-order valence-corrected chi connectivity index (χ1v) is 8.64. The van der Waals surface area contributed by atoms with Crippen molar-refractivity contribution in [2.24, 2.45) is 0 Å². The fourth-order valence-corrected chi connectivity index (χ4v) is 3.71. The molecule has 0 radical (unpaired) electrons. The second kappa shape index (κ2) is 5.92. The molecule has 0 aliphatic rings. The van der Waals surface area contributed by atoms with E-state index in [4.69, 9.17) is 0 Å². The topological polar surface area (TPSA) is 47.3 Å². The third-order valence-electron chi connectivity index (χ3n) is 3.44. The summed E-state index contributed by atoms with van der Waals surface area (Å²) in [5.41, 5.74) is 1.19. The van der Waals surface area contributed by atoms with Gasteiger partial charge in [0.15, 0.2) is 5.82 Å². The number of halogens is 2. The zero-order valence-electron chi connectivity index (χ0n) is 12.1. The molecule has 7 heteroatoms. The Bertz CT molecular complexity index is 1170. The van der Waals surface area contributed by atoms with Crippen LogP contribution in [-0.4, -0.2) is 14.6 Å². The Morgan fingerprint density at radius 3 is 2.75 bits per heavy atom. The molecule has 4 nitrogen and oxygen atoms in total. The average molecular weight is 402 g/mol. The molecule has 0 bridgehead atoms. The van der Waals surface area contributed by atoms with E-state index in [1.807, 2.05) is 24.3 Å². The molecule has 2 aromatic carbocycles. The first-order valence-electron chi connectivity index (χ1n) is 7.03. The number of aromatic nitrogens is 3. The summed E-state index contributed by atoms with van der Waals surface area (Å²) >= 11 is 4.69. The van der Waals surface area contributed by atoms with E-state index >= 15 is 0 Å². The fraction of sp³-hybridized carbons (Fsp3) is 0. The van der Waals surface area contributed by atoms with Crippen LogP contribution >= 0.6 is 27.3 Å². The minimum Gasteiger partial charge on any atom is -0.266 e. The lowest BCUT2D eigenvalue weighted by Gasteiger charge is -1.97. The number of hydrogen-bond acceptors (Lipinski definition) is 4. The van der Waals surface area contributed by atoms with Crippen LogP contribution in [0.25, 0.3) is 22.4 Å². The van der Waals surface area contributed by atoms with Gasteiger partial charge in [-0.2, -0.15) is 9.50 Å². The van der Waals surface area contributed by atoms with Crippen molar-refractivity contribution in [3.8, 4) is 11.4 Å². The van der Waals surface area contributed by atoms with E-state index in [-0.39, 0.29) is 11.4 Å². The normalized spacial score (nSPS) is 12.2. The van der Waals surface area contributed by atoms with Gasteiger partial charge in [-0.15, -0.1) is 5.10 Å². The molecule has 0 unspecified atom stereocenters. The lowest BCUT2D eigenvalue weighted by atomic mass is 10.2. The Morgan fingerprint density at radius 2 is 2.00 bits per heavy atom. The van der Waals surface area contributed by atoms with Crippen molar-refractivity contribution in [2.45, 2.75) is 0 Å². The molecule has 4 aromatic rings. The maximum atomic E-state index is 13.3. The third kappa shape index (κ3) is 2.65. The quantitative estimate of drug-likeness (QED) is 0.517. The highest BCUT2D eigenvalue weighted by Crippen LogP contribution is 2.25. The summed E-state index contributed by atoms with van der Waals surface area (Å²) in [5.74, 6) is 0.148. The smallest absolute Gasteiger partial charge is 0.266 e. The number of fused-ring (bicyclic) bond motifs is 1. The molecular formula is C17H9BrFN3OS. The fourth-order valence-electron chi connectivity index (χ4n) is 2.34. The van der Waals surface area contributed by atoms with Crippen molar-refractivity contribution in [1.29, 1.82) is 0 Å². The predicted octanol–water partition coefficient (Wildman–Crippen LogP) is 3.27. The number of nitrogens with zero attached hydrogens (tertiary/aromatic N) is 3. The molecule has 118 valence electrons. The average Bonchev–Trinajstić information content (AvgIpc) is 3.08. The van der Waals surface area contributed by atoms with Gasteiger partial charge in [-0.1, -0.05) is 51.5 Å². The molecule has 0 spiro atoms. The number of hydrogen-bond donors (Lipinski definition) is 0. The second-order valence-electron chi connectivity index (χ2n) is 5.08. The van der Waals surface area contributed by atoms with Gasteiger partial charge < -0.3 is 0 Å². The summed E-state index contributed by atoms with van der Waals surface area (Å²) in [6, 6.07) is 13.6. The molecule has 2 heterocycles. The largest absolute Gasteiger partial charge is 0.291 e. The van der Waals surface area contributed by atoms with Crippen LogP contribution in [0.1, 0.15) is 5.56 Å². The van der Waals surface area contributed by atoms with Crippen LogP contribution in [0.5, 0.6) is 0 Å². The Labute approximate surface area is 148 Å². The zero-order chi connectivity index (χ0) is 16.7. The zero-order valence-corrected chi connectivity index (χ0v) is 14.5. The van der Waals surface area contributed by atoms with Gasteiger partial charge in [0.05, 0.1) is 4.53 Å². The highest BCUT2D eigenvalue weighted by molar-refractivity contribution is 9.10. The van der Waals surface area contributed by atoms with Crippen LogP contribution in [0.3, 0.4) is 0 Å². The Morgan fingerprint density at radius 1 is 1.17 bits per heavy atom. The molecule has 2 aromatic heterocycles. The van der Waals surface area contributed by atoms with E-state index in [9.17, 15) is 9.18 Å². The van der Waals surface area contributed by atoms with Crippen molar-refractivity contribution < 1.29 is 4.39 Å². The van der Waals surface area contributed by atoms with Crippen molar-refractivity contribution in [1.82, 2.24) is 14.6 Å². The maximum absolute atomic E-state index is 13.3. The number of benzene rings is 2. The molecule has 0 amide bonds. The highest BCUT2D eigenvalue weighted by Gasteiger charge is 2.13. The summed E-state index contributed by atoms with van der Waals surface area (Å²) < 4.78 is 15.9. The first-order chi connectivity index (χ1) is 11.6. The van der Waals surface area contributed by atoms with Gasteiger partial charge >= 0.3 is 0 Å². The van der Waals surface area contributed by atoms with Gasteiger partial charge in [0.1, 0.15) is 5.82 Å². The predicted molar refractivity (Wildman–Crippen MR) is 95.5 cm³/mol. The molecule has 0 aliphatic carbocycles. The summed E-state index contributed by atoms with van der Waals surface area (Å²) in [4.78, 5) is 17.4. The molecule has 0 aliphatic heterocycles. The van der Waals surface area contributed by atoms with Gasteiger partial charge in [0.2, 0.25) is 4.96 Å². The molecule has 0 fully saturated rings.